The summed E-state index contributed by atoms with van der Waals surface area (Å²) in [4.78, 5) is 19.5. The van der Waals surface area contributed by atoms with E-state index >= 15 is 0 Å². The summed E-state index contributed by atoms with van der Waals surface area (Å²) in [6.45, 7) is 15.4. The quantitative estimate of drug-likeness (QED) is 0.0301. The molecule has 79 heavy (non-hydrogen) atoms. The van der Waals surface area contributed by atoms with Crippen molar-refractivity contribution >= 4 is 30.7 Å². The van der Waals surface area contributed by atoms with Crippen molar-refractivity contribution in [3.05, 3.63) is 179 Å². The summed E-state index contributed by atoms with van der Waals surface area (Å²) in [7, 11) is 0. The lowest BCUT2D eigenvalue weighted by atomic mass is 9.99. The van der Waals surface area contributed by atoms with Crippen molar-refractivity contribution in [3.8, 4) is 0 Å². The number of ether oxygens (including phenoxy) is 2. The molecule has 0 saturated carbocycles. The van der Waals surface area contributed by atoms with Gasteiger partial charge in [0.25, 0.3) is 0 Å². The number of nitrogens with zero attached hydrogens (tertiary/aromatic N) is 3. The van der Waals surface area contributed by atoms with Crippen molar-refractivity contribution in [1.29, 1.82) is 0 Å². The maximum atomic E-state index is 12.5. The van der Waals surface area contributed by atoms with Gasteiger partial charge in [-0.1, -0.05) is 234 Å². The highest BCUT2D eigenvalue weighted by Crippen LogP contribution is 2.38. The van der Waals surface area contributed by atoms with E-state index in [9.17, 15) is 20.1 Å². The highest BCUT2D eigenvalue weighted by molar-refractivity contribution is 5.85. The minimum atomic E-state index is -0.706. The molecule has 0 radical (unpaired) electrons. The number of aliphatic hydroxyl groups is 3. The molecule has 3 aliphatic rings. The van der Waals surface area contributed by atoms with Crippen LogP contribution in [0.4, 0.5) is 0 Å². The number of hydrogen-bond acceptors (Lipinski definition) is 10. The van der Waals surface area contributed by atoms with Crippen LogP contribution in [0.1, 0.15) is 167 Å². The second-order valence-electron chi connectivity index (χ2n) is 19.7. The lowest BCUT2D eigenvalue weighted by molar-refractivity contribution is -0.123. The Labute approximate surface area is 492 Å². The van der Waals surface area contributed by atoms with E-state index in [-0.39, 0.29) is 98.1 Å². The van der Waals surface area contributed by atoms with Gasteiger partial charge >= 0.3 is 0 Å². The minimum Gasteiger partial charge on any atom is -0.387 e. The Morgan fingerprint density at radius 3 is 1.33 bits per heavy atom. The smallest absolute Gasteiger partial charge is 0.220 e. The maximum Gasteiger partial charge on any atom is 0.220 e. The van der Waals surface area contributed by atoms with Crippen molar-refractivity contribution in [2.75, 3.05) is 72.2 Å². The van der Waals surface area contributed by atoms with Crippen molar-refractivity contribution < 1.29 is 29.6 Å². The lowest BCUT2D eigenvalue weighted by Gasteiger charge is -2.34. The average molecular weight is 1140 g/mol. The number of halogens is 2. The van der Waals surface area contributed by atoms with E-state index in [4.69, 9.17) is 9.47 Å². The summed E-state index contributed by atoms with van der Waals surface area (Å²) in [5.74, 6) is 0.0433. The standard InChI is InChI=1S/C23H38N2O3.C21H28N2O2.C17H19NO.5CH4.2ClH/c1-2-3-4-5-6-7-11-14-22(26)24-21(19-25-15-17-28-18-16-25)23(27)20-12-9-8-10-13-20;1-17(18-8-4-2-5-9-18)22-20(16-23-12-14-25-15-13-23)21(24)19-10-6-3-7-11-19;1-13(14-8-4-2-5-9-14)18-12-16(18)17(19)15-10-6-3-7-11-15;;;;;;;/h8-10,12-13,21,23,27H,2-7,11,14-19H2,1H3,(H,24,26);2-11,17,20-22,24H,12-16H2,1H3;2-11,13,16-17,19H,12H2,1H3;5*1H4;2*1H/t21-,23-;17-,20+,21+;13-,16+,17+,18?;;;;;;;/m100......./s1. The Hall–Kier alpha value is -4.21. The second-order valence-corrected chi connectivity index (χ2v) is 19.7. The number of benzene rings is 5. The molecule has 446 valence electrons. The fourth-order valence-corrected chi connectivity index (χ4v) is 9.73. The molecule has 8 rings (SSSR count). The predicted octanol–water partition coefficient (Wildman–Crippen LogP) is 13.6. The first-order chi connectivity index (χ1) is 35.2. The minimum absolute atomic E-state index is 0. The zero-order chi connectivity index (χ0) is 50.8. The molecule has 0 aliphatic carbocycles. The number of unbranched alkanes of at least 4 members (excludes halogenated alkanes) is 6. The van der Waals surface area contributed by atoms with Crippen molar-refractivity contribution in [1.82, 2.24) is 25.3 Å². The SMILES string of the molecule is C.C.C.C.C.CCCCCCCCCC(=O)N[C@H](CN1CCOCC1)[C@H](O)c1ccccc1.C[C@@H](c1ccccc1)N1C[C@@H]1[C@H](O)c1ccccc1.C[C@H](N[C@H](CN1CCOCC1)[C@H](O)c1ccccc1)c1ccccc1.Cl.Cl. The number of amides is 1. The van der Waals surface area contributed by atoms with E-state index in [0.717, 1.165) is 82.0 Å². The molecule has 5 aromatic carbocycles. The van der Waals surface area contributed by atoms with Crippen molar-refractivity contribution in [2.24, 2.45) is 0 Å². The van der Waals surface area contributed by atoms with Gasteiger partial charge in [0.05, 0.1) is 56.8 Å². The Morgan fingerprint density at radius 1 is 0.519 bits per heavy atom. The van der Waals surface area contributed by atoms with Gasteiger partial charge in [0.2, 0.25) is 5.91 Å². The molecule has 1 unspecified atom stereocenters. The average Bonchev–Trinajstić information content (AvgIpc) is 4.26. The summed E-state index contributed by atoms with van der Waals surface area (Å²) in [5.41, 5.74) is 5.35. The van der Waals surface area contributed by atoms with Gasteiger partial charge in [-0.15, -0.1) is 24.8 Å². The van der Waals surface area contributed by atoms with Gasteiger partial charge in [-0.25, -0.2) is 0 Å². The van der Waals surface area contributed by atoms with Gasteiger partial charge in [0.1, 0.15) is 6.10 Å². The summed E-state index contributed by atoms with van der Waals surface area (Å²) in [6.07, 6.45) is 7.26. The van der Waals surface area contributed by atoms with E-state index in [1.807, 2.05) is 103 Å². The van der Waals surface area contributed by atoms with Crippen LogP contribution in [-0.2, 0) is 14.3 Å². The zero-order valence-electron chi connectivity index (χ0n) is 44.2. The molecular formula is C66H107Cl2N5O6. The molecule has 3 saturated heterocycles. The van der Waals surface area contributed by atoms with Gasteiger partial charge < -0.3 is 35.4 Å². The number of morpholine rings is 2. The Kier molecular flexibility index (Phi) is 42.3. The first-order valence-corrected chi connectivity index (χ1v) is 26.9. The third-order valence-corrected chi connectivity index (χ3v) is 14.3. The molecule has 0 spiro atoms. The largest absolute Gasteiger partial charge is 0.387 e. The molecule has 5 N–H and O–H groups in total. The Balaban J connectivity index is 0. The molecule has 3 fully saturated rings. The molecule has 5 aromatic rings. The van der Waals surface area contributed by atoms with Crippen LogP contribution in [0.3, 0.4) is 0 Å². The molecular weight excluding hydrogens is 1030 g/mol. The second kappa shape index (κ2) is 43.5. The molecule has 3 heterocycles. The number of carbonyl (C=O) groups excluding carboxylic acids is 1. The van der Waals surface area contributed by atoms with Crippen LogP contribution in [0, 0.1) is 0 Å². The predicted molar refractivity (Wildman–Crippen MR) is 339 cm³/mol. The van der Waals surface area contributed by atoms with Crippen LogP contribution in [0.5, 0.6) is 0 Å². The summed E-state index contributed by atoms with van der Waals surface area (Å²) in [6, 6.07) is 50.7. The van der Waals surface area contributed by atoms with Gasteiger partial charge in [-0.05, 0) is 48.1 Å². The van der Waals surface area contributed by atoms with Crippen LogP contribution >= 0.6 is 24.8 Å². The number of nitrogens with one attached hydrogen (secondary N) is 2. The molecule has 0 aromatic heterocycles. The van der Waals surface area contributed by atoms with E-state index in [1.54, 1.807) is 0 Å². The van der Waals surface area contributed by atoms with Crippen molar-refractivity contribution in [3.63, 3.8) is 0 Å². The van der Waals surface area contributed by atoms with Crippen LogP contribution < -0.4 is 10.6 Å². The van der Waals surface area contributed by atoms with E-state index < -0.39 is 12.2 Å². The Morgan fingerprint density at radius 2 is 0.886 bits per heavy atom. The summed E-state index contributed by atoms with van der Waals surface area (Å²) >= 11 is 0. The van der Waals surface area contributed by atoms with E-state index in [0.29, 0.717) is 32.2 Å². The molecule has 11 nitrogen and oxygen atoms in total. The van der Waals surface area contributed by atoms with Crippen LogP contribution in [0.2, 0.25) is 0 Å². The third kappa shape index (κ3) is 27.0. The van der Waals surface area contributed by atoms with Gasteiger partial charge in [-0.2, -0.15) is 0 Å². The van der Waals surface area contributed by atoms with Crippen molar-refractivity contribution in [2.45, 2.75) is 158 Å². The van der Waals surface area contributed by atoms with Crippen LogP contribution in [-0.4, -0.2) is 126 Å². The normalized spacial score (nSPS) is 18.2. The highest BCUT2D eigenvalue weighted by Gasteiger charge is 2.43. The molecule has 0 bridgehead atoms. The van der Waals surface area contributed by atoms with E-state index in [2.05, 4.69) is 94.6 Å². The number of carbonyl (C=O) groups is 1. The number of hydrogen-bond donors (Lipinski definition) is 5. The van der Waals surface area contributed by atoms with Crippen LogP contribution in [0.25, 0.3) is 0 Å². The van der Waals surface area contributed by atoms with Gasteiger partial charge in [0, 0.05) is 64.3 Å². The monoisotopic (exact) mass is 1140 g/mol. The molecule has 1 amide bonds. The highest BCUT2D eigenvalue weighted by atomic mass is 35.5. The fourth-order valence-electron chi connectivity index (χ4n) is 9.73. The first kappa shape index (κ1) is 76.9. The fraction of sp³-hybridized carbons (Fsp3) is 0.530. The topological polar surface area (TPSA) is 130 Å². The number of rotatable bonds is 24. The summed E-state index contributed by atoms with van der Waals surface area (Å²) in [5, 5.41) is 39.0. The lowest BCUT2D eigenvalue weighted by Crippen LogP contribution is -2.49. The first-order valence-electron chi connectivity index (χ1n) is 26.9. The maximum absolute atomic E-state index is 12.5. The third-order valence-electron chi connectivity index (χ3n) is 14.3. The Bertz CT molecular complexity index is 2130. The zero-order valence-corrected chi connectivity index (χ0v) is 45.8. The van der Waals surface area contributed by atoms with Gasteiger partial charge in [0.15, 0.2) is 0 Å². The molecule has 3 aliphatic heterocycles. The molecule has 13 heteroatoms. The van der Waals surface area contributed by atoms with Crippen LogP contribution in [0.15, 0.2) is 152 Å². The van der Waals surface area contributed by atoms with Gasteiger partial charge in [-0.3, -0.25) is 19.5 Å². The molecule has 9 atom stereocenters. The summed E-state index contributed by atoms with van der Waals surface area (Å²) < 4.78 is 10.9. The van der Waals surface area contributed by atoms with E-state index in [1.165, 1.54) is 43.2 Å². The number of aliphatic hydroxyl groups excluding tert-OH is 3.